The van der Waals surface area contributed by atoms with Crippen LogP contribution in [0.1, 0.15) is 10.4 Å². The lowest BCUT2D eigenvalue weighted by Crippen LogP contribution is -2.17. The van der Waals surface area contributed by atoms with Gasteiger partial charge in [0.05, 0.1) is 10.2 Å². The highest BCUT2D eigenvalue weighted by atomic mass is 79.9. The summed E-state index contributed by atoms with van der Waals surface area (Å²) in [6.07, 6.45) is 0. The summed E-state index contributed by atoms with van der Waals surface area (Å²) in [7, 11) is 1.54. The molecule has 2 aromatic rings. The van der Waals surface area contributed by atoms with Crippen LogP contribution in [0, 0.1) is 5.82 Å². The van der Waals surface area contributed by atoms with Gasteiger partial charge in [0.15, 0.2) is 0 Å². The Morgan fingerprint density at radius 3 is 2.65 bits per heavy atom. The largest absolute Gasteiger partial charge is 0.455 e. The topological polar surface area (TPSA) is 64.3 Å². The summed E-state index contributed by atoms with van der Waals surface area (Å²) < 4.78 is 19.2. The first kappa shape index (κ1) is 14.3. The Bertz CT molecular complexity index is 662. The van der Waals surface area contributed by atoms with Gasteiger partial charge in [-0.1, -0.05) is 0 Å². The van der Waals surface area contributed by atoms with Gasteiger partial charge in [0.2, 0.25) is 0 Å². The molecule has 0 atom stereocenters. The number of benzene rings is 2. The van der Waals surface area contributed by atoms with Crippen LogP contribution in [0.2, 0.25) is 0 Å². The van der Waals surface area contributed by atoms with Crippen molar-refractivity contribution in [3.05, 3.63) is 52.3 Å². The zero-order valence-electron chi connectivity index (χ0n) is 10.6. The van der Waals surface area contributed by atoms with E-state index in [4.69, 9.17) is 10.5 Å². The summed E-state index contributed by atoms with van der Waals surface area (Å²) in [6.45, 7) is 0. The molecule has 104 valence electrons. The summed E-state index contributed by atoms with van der Waals surface area (Å²) >= 11 is 3.06. The van der Waals surface area contributed by atoms with Crippen LogP contribution < -0.4 is 15.8 Å². The van der Waals surface area contributed by atoms with E-state index in [-0.39, 0.29) is 5.91 Å². The Balaban J connectivity index is 2.25. The molecule has 0 aliphatic carbocycles. The summed E-state index contributed by atoms with van der Waals surface area (Å²) in [5.74, 6) is 0.0189. The number of carbonyl (C=O) groups is 1. The molecule has 6 heteroatoms. The van der Waals surface area contributed by atoms with Crippen molar-refractivity contribution < 1.29 is 13.9 Å². The number of carbonyl (C=O) groups excluding carboxylic acids is 1. The lowest BCUT2D eigenvalue weighted by Gasteiger charge is -2.10. The van der Waals surface area contributed by atoms with Crippen LogP contribution in [0.3, 0.4) is 0 Å². The fourth-order valence-corrected chi connectivity index (χ4v) is 1.84. The van der Waals surface area contributed by atoms with Gasteiger partial charge in [0.1, 0.15) is 17.3 Å². The minimum atomic E-state index is -0.428. The van der Waals surface area contributed by atoms with Crippen LogP contribution >= 0.6 is 15.9 Å². The van der Waals surface area contributed by atoms with Crippen LogP contribution in [-0.4, -0.2) is 13.0 Å². The second-order valence-corrected chi connectivity index (χ2v) is 4.86. The van der Waals surface area contributed by atoms with E-state index in [9.17, 15) is 9.18 Å². The Hall–Kier alpha value is -2.08. The van der Waals surface area contributed by atoms with Gasteiger partial charge in [0, 0.05) is 18.7 Å². The number of amides is 1. The van der Waals surface area contributed by atoms with Gasteiger partial charge in [-0.25, -0.2) is 4.39 Å². The quantitative estimate of drug-likeness (QED) is 0.843. The van der Waals surface area contributed by atoms with Crippen molar-refractivity contribution in [3.8, 4) is 11.5 Å². The first-order valence-corrected chi connectivity index (χ1v) is 6.55. The van der Waals surface area contributed by atoms with E-state index in [1.807, 2.05) is 0 Å². The Labute approximate surface area is 123 Å². The molecule has 2 rings (SSSR count). The first-order valence-electron chi connectivity index (χ1n) is 5.76. The van der Waals surface area contributed by atoms with E-state index in [0.29, 0.717) is 27.2 Å². The standard InChI is InChI=1S/C14H12BrFN2O2/c1-18-14(19)8-2-5-13(12(17)6-8)20-9-3-4-10(15)11(16)7-9/h2-7H,17H2,1H3,(H,18,19). The fraction of sp³-hybridized carbons (Fsp3) is 0.0714. The third-order valence-corrected chi connectivity index (χ3v) is 3.26. The number of hydrogen-bond acceptors (Lipinski definition) is 3. The number of hydrogen-bond donors (Lipinski definition) is 2. The van der Waals surface area contributed by atoms with Crippen LogP contribution in [0.5, 0.6) is 11.5 Å². The van der Waals surface area contributed by atoms with Gasteiger partial charge < -0.3 is 15.8 Å². The lowest BCUT2D eigenvalue weighted by atomic mass is 10.2. The molecule has 0 bridgehead atoms. The molecule has 0 unspecified atom stereocenters. The highest BCUT2D eigenvalue weighted by Gasteiger charge is 2.09. The average molecular weight is 339 g/mol. The molecule has 0 fully saturated rings. The highest BCUT2D eigenvalue weighted by Crippen LogP contribution is 2.30. The third kappa shape index (κ3) is 3.08. The molecular weight excluding hydrogens is 327 g/mol. The molecule has 0 heterocycles. The van der Waals surface area contributed by atoms with Gasteiger partial charge in [0.25, 0.3) is 5.91 Å². The molecule has 2 aromatic carbocycles. The minimum Gasteiger partial charge on any atom is -0.455 e. The monoisotopic (exact) mass is 338 g/mol. The molecule has 4 nitrogen and oxygen atoms in total. The predicted octanol–water partition coefficient (Wildman–Crippen LogP) is 3.32. The second kappa shape index (κ2) is 5.92. The van der Waals surface area contributed by atoms with Crippen molar-refractivity contribution in [2.45, 2.75) is 0 Å². The van der Waals surface area contributed by atoms with Gasteiger partial charge in [-0.05, 0) is 46.3 Å². The fourth-order valence-electron chi connectivity index (χ4n) is 1.59. The van der Waals surface area contributed by atoms with E-state index in [0.717, 1.165) is 0 Å². The maximum Gasteiger partial charge on any atom is 0.251 e. The zero-order chi connectivity index (χ0) is 14.7. The molecule has 0 aromatic heterocycles. The second-order valence-electron chi connectivity index (χ2n) is 4.01. The molecular formula is C14H12BrFN2O2. The maximum atomic E-state index is 13.4. The number of nitrogens with two attached hydrogens (primary N) is 1. The molecule has 3 N–H and O–H groups in total. The van der Waals surface area contributed by atoms with Gasteiger partial charge in [-0.15, -0.1) is 0 Å². The molecule has 0 spiro atoms. The van der Waals surface area contributed by atoms with Gasteiger partial charge >= 0.3 is 0 Å². The number of nitrogens with one attached hydrogen (secondary N) is 1. The minimum absolute atomic E-state index is 0.238. The zero-order valence-corrected chi connectivity index (χ0v) is 12.2. The number of ether oxygens (including phenoxy) is 1. The summed E-state index contributed by atoms with van der Waals surface area (Å²) in [6, 6.07) is 9.05. The summed E-state index contributed by atoms with van der Waals surface area (Å²) in [5.41, 5.74) is 6.55. The molecule has 0 aliphatic heterocycles. The Morgan fingerprint density at radius 2 is 2.05 bits per heavy atom. The third-order valence-electron chi connectivity index (χ3n) is 2.62. The molecule has 0 saturated heterocycles. The Morgan fingerprint density at radius 1 is 1.30 bits per heavy atom. The van der Waals surface area contributed by atoms with Crippen molar-refractivity contribution in [2.75, 3.05) is 12.8 Å². The van der Waals surface area contributed by atoms with Crippen molar-refractivity contribution in [1.29, 1.82) is 0 Å². The first-order chi connectivity index (χ1) is 9.51. The smallest absolute Gasteiger partial charge is 0.251 e. The van der Waals surface area contributed by atoms with Crippen molar-refractivity contribution in [2.24, 2.45) is 0 Å². The molecule has 1 amide bonds. The number of anilines is 1. The van der Waals surface area contributed by atoms with Crippen LogP contribution in [-0.2, 0) is 0 Å². The molecule has 0 saturated carbocycles. The van der Waals surface area contributed by atoms with Crippen molar-refractivity contribution in [1.82, 2.24) is 5.32 Å². The van der Waals surface area contributed by atoms with Crippen molar-refractivity contribution >= 4 is 27.5 Å². The predicted molar refractivity (Wildman–Crippen MR) is 78.4 cm³/mol. The van der Waals surface area contributed by atoms with E-state index in [1.165, 1.54) is 19.2 Å². The number of rotatable bonds is 3. The number of halogens is 2. The number of nitrogen functional groups attached to an aromatic ring is 1. The average Bonchev–Trinajstić information content (AvgIpc) is 2.44. The van der Waals surface area contributed by atoms with Crippen molar-refractivity contribution in [3.63, 3.8) is 0 Å². The molecule has 20 heavy (non-hydrogen) atoms. The highest BCUT2D eigenvalue weighted by molar-refractivity contribution is 9.10. The van der Waals surface area contributed by atoms with E-state index >= 15 is 0 Å². The van der Waals surface area contributed by atoms with E-state index < -0.39 is 5.82 Å². The van der Waals surface area contributed by atoms with Gasteiger partial charge in [-0.2, -0.15) is 0 Å². The maximum absolute atomic E-state index is 13.4. The van der Waals surface area contributed by atoms with Crippen LogP contribution in [0.4, 0.5) is 10.1 Å². The molecule has 0 aliphatic rings. The molecule has 0 radical (unpaired) electrons. The Kier molecular flexibility index (Phi) is 4.24. The summed E-state index contributed by atoms with van der Waals surface area (Å²) in [5, 5.41) is 2.50. The van der Waals surface area contributed by atoms with Crippen LogP contribution in [0.25, 0.3) is 0 Å². The van der Waals surface area contributed by atoms with Crippen LogP contribution in [0.15, 0.2) is 40.9 Å². The van der Waals surface area contributed by atoms with Gasteiger partial charge in [-0.3, -0.25) is 4.79 Å². The summed E-state index contributed by atoms with van der Waals surface area (Å²) in [4.78, 5) is 11.5. The normalized spacial score (nSPS) is 10.2. The van der Waals surface area contributed by atoms with E-state index in [1.54, 1.807) is 24.3 Å². The van der Waals surface area contributed by atoms with E-state index in [2.05, 4.69) is 21.2 Å². The lowest BCUT2D eigenvalue weighted by molar-refractivity contribution is 0.0963. The SMILES string of the molecule is CNC(=O)c1ccc(Oc2ccc(Br)c(F)c2)c(N)c1.